The van der Waals surface area contributed by atoms with E-state index in [4.69, 9.17) is 4.74 Å². The van der Waals surface area contributed by atoms with Gasteiger partial charge in [-0.3, -0.25) is 4.79 Å². The van der Waals surface area contributed by atoms with Crippen LogP contribution in [0.1, 0.15) is 25.8 Å². The van der Waals surface area contributed by atoms with E-state index in [2.05, 4.69) is 15.4 Å². The van der Waals surface area contributed by atoms with Crippen molar-refractivity contribution < 1.29 is 23.9 Å². The van der Waals surface area contributed by atoms with Gasteiger partial charge in [0.05, 0.1) is 7.11 Å². The lowest BCUT2D eigenvalue weighted by Crippen LogP contribution is -2.49. The van der Waals surface area contributed by atoms with Crippen LogP contribution in [0.2, 0.25) is 0 Å². The van der Waals surface area contributed by atoms with Crippen molar-refractivity contribution in [3.05, 3.63) is 35.9 Å². The normalized spacial score (nSPS) is 12.6. The number of ether oxygens (including phenoxy) is 2. The van der Waals surface area contributed by atoms with Crippen LogP contribution >= 0.6 is 0 Å². The number of hydrogen-bond donors (Lipinski definition) is 2. The van der Waals surface area contributed by atoms with E-state index >= 15 is 0 Å². The molecule has 0 radical (unpaired) electrons. The molecule has 1 aromatic rings. The molecule has 1 aromatic carbocycles. The van der Waals surface area contributed by atoms with E-state index in [9.17, 15) is 14.4 Å². The van der Waals surface area contributed by atoms with Crippen LogP contribution in [0, 0.1) is 5.92 Å². The molecule has 2 amide bonds. The lowest BCUT2D eigenvalue weighted by molar-refractivity contribution is -0.146. The van der Waals surface area contributed by atoms with Crippen molar-refractivity contribution >= 4 is 18.0 Å². The van der Waals surface area contributed by atoms with Gasteiger partial charge in [0.2, 0.25) is 5.91 Å². The fourth-order valence-electron chi connectivity index (χ4n) is 1.95. The van der Waals surface area contributed by atoms with Gasteiger partial charge in [0, 0.05) is 0 Å². The number of carbonyl (C=O) groups is 3. The van der Waals surface area contributed by atoms with Gasteiger partial charge >= 0.3 is 12.1 Å². The molecular weight excluding hydrogens is 312 g/mol. The number of alkyl carbamates (subject to hydrolysis) is 1. The van der Waals surface area contributed by atoms with Crippen molar-refractivity contribution in [2.75, 3.05) is 13.7 Å². The van der Waals surface area contributed by atoms with Gasteiger partial charge in [0.25, 0.3) is 0 Å². The van der Waals surface area contributed by atoms with Crippen molar-refractivity contribution in [2.24, 2.45) is 5.92 Å². The van der Waals surface area contributed by atoms with Crippen molar-refractivity contribution in [3.8, 4) is 0 Å². The molecule has 0 saturated heterocycles. The highest BCUT2D eigenvalue weighted by atomic mass is 16.5. The Hall–Kier alpha value is -2.57. The van der Waals surface area contributed by atoms with Gasteiger partial charge in [-0.1, -0.05) is 50.6 Å². The van der Waals surface area contributed by atoms with Gasteiger partial charge in [-0.25, -0.2) is 9.59 Å². The Kier molecular flexibility index (Phi) is 8.32. The monoisotopic (exact) mass is 336 g/mol. The molecule has 132 valence electrons. The summed E-state index contributed by atoms with van der Waals surface area (Å²) in [5, 5.41) is 4.91. The summed E-state index contributed by atoms with van der Waals surface area (Å²) in [5.74, 6) is -1.07. The van der Waals surface area contributed by atoms with E-state index in [0.29, 0.717) is 6.42 Å². The molecule has 0 aliphatic heterocycles. The maximum atomic E-state index is 11.9. The van der Waals surface area contributed by atoms with E-state index < -0.39 is 24.0 Å². The maximum Gasteiger partial charge on any atom is 0.407 e. The van der Waals surface area contributed by atoms with E-state index in [1.807, 2.05) is 44.2 Å². The Morgan fingerprint density at radius 1 is 1.17 bits per heavy atom. The average Bonchev–Trinajstić information content (AvgIpc) is 2.62. The Bertz CT molecular complexity index is 547. The molecule has 7 heteroatoms. The summed E-state index contributed by atoms with van der Waals surface area (Å²) in [6.07, 6.45) is -0.000718. The molecule has 0 aromatic heterocycles. The summed E-state index contributed by atoms with van der Waals surface area (Å²) in [7, 11) is 1.27. The topological polar surface area (TPSA) is 93.7 Å². The van der Waals surface area contributed by atoms with Crippen LogP contribution in [-0.2, 0) is 25.7 Å². The van der Waals surface area contributed by atoms with Gasteiger partial charge in [0.15, 0.2) is 0 Å². The zero-order valence-corrected chi connectivity index (χ0v) is 14.2. The first-order chi connectivity index (χ1) is 11.5. The summed E-state index contributed by atoms with van der Waals surface area (Å²) in [6.45, 7) is 3.58. The van der Waals surface area contributed by atoms with Crippen molar-refractivity contribution in [1.82, 2.24) is 10.6 Å². The Morgan fingerprint density at radius 3 is 2.42 bits per heavy atom. The van der Waals surface area contributed by atoms with Gasteiger partial charge in [-0.05, 0) is 11.5 Å². The molecule has 0 unspecified atom stereocenters. The largest absolute Gasteiger partial charge is 0.467 e. The zero-order chi connectivity index (χ0) is 17.9. The molecule has 0 aliphatic rings. The van der Waals surface area contributed by atoms with Crippen LogP contribution in [-0.4, -0.2) is 37.7 Å². The van der Waals surface area contributed by atoms with Crippen LogP contribution in [0.4, 0.5) is 4.79 Å². The predicted octanol–water partition coefficient (Wildman–Crippen LogP) is 1.62. The minimum atomic E-state index is -0.741. The predicted molar refractivity (Wildman–Crippen MR) is 88.0 cm³/mol. The summed E-state index contributed by atoms with van der Waals surface area (Å²) in [4.78, 5) is 35.2. The van der Waals surface area contributed by atoms with E-state index in [-0.39, 0.29) is 19.1 Å². The maximum absolute atomic E-state index is 11.9. The van der Waals surface area contributed by atoms with Crippen LogP contribution < -0.4 is 10.6 Å². The third kappa shape index (κ3) is 6.68. The van der Waals surface area contributed by atoms with Crippen molar-refractivity contribution in [2.45, 2.75) is 32.9 Å². The highest BCUT2D eigenvalue weighted by Gasteiger charge is 2.26. The Morgan fingerprint density at radius 2 is 1.83 bits per heavy atom. The van der Waals surface area contributed by atoms with E-state index in [1.54, 1.807) is 0 Å². The number of amides is 2. The minimum Gasteiger partial charge on any atom is -0.467 e. The number of esters is 1. The lowest BCUT2D eigenvalue weighted by atomic mass is 9.99. The molecular formula is C17H24N2O5. The smallest absolute Gasteiger partial charge is 0.407 e. The Labute approximate surface area is 141 Å². The van der Waals surface area contributed by atoms with Crippen LogP contribution in [0.15, 0.2) is 30.3 Å². The Balaban J connectivity index is 2.38. The summed E-state index contributed by atoms with van der Waals surface area (Å²) in [5.41, 5.74) is 0.847. The molecule has 0 fully saturated rings. The van der Waals surface area contributed by atoms with E-state index in [1.165, 1.54) is 7.11 Å². The second-order valence-corrected chi connectivity index (χ2v) is 5.37. The number of hydrogen-bond acceptors (Lipinski definition) is 5. The van der Waals surface area contributed by atoms with Crippen LogP contribution in [0.3, 0.4) is 0 Å². The number of benzene rings is 1. The summed E-state index contributed by atoms with van der Waals surface area (Å²) < 4.78 is 9.68. The molecule has 24 heavy (non-hydrogen) atoms. The van der Waals surface area contributed by atoms with Crippen LogP contribution in [0.5, 0.6) is 0 Å². The highest BCUT2D eigenvalue weighted by Crippen LogP contribution is 2.09. The van der Waals surface area contributed by atoms with Crippen molar-refractivity contribution in [3.63, 3.8) is 0 Å². The number of methoxy groups -OCH3 is 1. The average molecular weight is 336 g/mol. The first-order valence-electron chi connectivity index (χ1n) is 7.79. The third-order valence-electron chi connectivity index (χ3n) is 3.59. The lowest BCUT2D eigenvalue weighted by Gasteiger charge is -2.21. The second kappa shape index (κ2) is 10.3. The number of rotatable bonds is 8. The summed E-state index contributed by atoms with van der Waals surface area (Å²) >= 11 is 0. The molecule has 7 nitrogen and oxygen atoms in total. The molecule has 2 atom stereocenters. The number of carbonyl (C=O) groups excluding carboxylic acids is 3. The number of nitrogens with one attached hydrogen (secondary N) is 2. The van der Waals surface area contributed by atoms with Crippen LogP contribution in [0.25, 0.3) is 0 Å². The zero-order valence-electron chi connectivity index (χ0n) is 14.2. The molecule has 2 N–H and O–H groups in total. The molecule has 1 rings (SSSR count). The van der Waals surface area contributed by atoms with Gasteiger partial charge in [0.1, 0.15) is 19.2 Å². The molecule has 0 bridgehead atoms. The third-order valence-corrected chi connectivity index (χ3v) is 3.59. The summed E-state index contributed by atoms with van der Waals surface area (Å²) in [6, 6.07) is 8.45. The van der Waals surface area contributed by atoms with E-state index in [0.717, 1.165) is 5.56 Å². The molecule has 0 spiro atoms. The second-order valence-electron chi connectivity index (χ2n) is 5.37. The molecule has 0 saturated carbocycles. The standard InChI is InChI=1S/C17H24N2O5/c1-4-12(2)15(16(21)23-3)19-14(20)10-18-17(22)24-11-13-8-6-5-7-9-13/h5-9,12,15H,4,10-11H2,1-3H3,(H,18,22)(H,19,20)/t12-,15-/m1/s1. The highest BCUT2D eigenvalue weighted by molar-refractivity contribution is 5.87. The SMILES string of the molecule is CC[C@@H](C)[C@@H](NC(=O)CNC(=O)OCc1ccccc1)C(=O)OC. The molecule has 0 heterocycles. The van der Waals surface area contributed by atoms with Gasteiger partial charge < -0.3 is 20.1 Å². The molecule has 0 aliphatic carbocycles. The fourth-order valence-corrected chi connectivity index (χ4v) is 1.95. The fraction of sp³-hybridized carbons (Fsp3) is 0.471. The minimum absolute atomic E-state index is 0.0774. The first kappa shape index (κ1) is 19.5. The van der Waals surface area contributed by atoms with Gasteiger partial charge in [-0.2, -0.15) is 0 Å². The van der Waals surface area contributed by atoms with Gasteiger partial charge in [-0.15, -0.1) is 0 Å². The first-order valence-corrected chi connectivity index (χ1v) is 7.79. The van der Waals surface area contributed by atoms with Crippen molar-refractivity contribution in [1.29, 1.82) is 0 Å². The quantitative estimate of drug-likeness (QED) is 0.704.